The maximum absolute atomic E-state index is 10.9. The molecule has 0 atom stereocenters. The Morgan fingerprint density at radius 1 is 1.50 bits per heavy atom. The molecule has 0 fully saturated rings. The third-order valence-electron chi connectivity index (χ3n) is 2.06. The number of anilines is 1. The summed E-state index contributed by atoms with van der Waals surface area (Å²) in [5.41, 5.74) is 7.18. The van der Waals surface area contributed by atoms with Crippen LogP contribution in [0.15, 0.2) is 24.3 Å². The van der Waals surface area contributed by atoms with Gasteiger partial charge >= 0.3 is 5.97 Å². The first-order valence-electron chi connectivity index (χ1n) is 4.84. The van der Waals surface area contributed by atoms with Crippen LogP contribution in [0.4, 0.5) is 5.69 Å². The van der Waals surface area contributed by atoms with E-state index in [0.29, 0.717) is 18.0 Å². The number of hydrogen-bond donors (Lipinski definition) is 2. The Kier molecular flexibility index (Phi) is 4.72. The zero-order valence-corrected chi connectivity index (χ0v) is 9.84. The molecule has 1 rings (SSSR count). The minimum Gasteiger partial charge on any atom is -0.469 e. The highest BCUT2D eigenvalue weighted by molar-refractivity contribution is 7.80. The van der Waals surface area contributed by atoms with Crippen LogP contribution in [0.5, 0.6) is 0 Å². The zero-order valence-electron chi connectivity index (χ0n) is 9.03. The lowest BCUT2D eigenvalue weighted by Crippen LogP contribution is -2.15. The van der Waals surface area contributed by atoms with Gasteiger partial charge in [-0.3, -0.25) is 4.79 Å². The number of carbonyl (C=O) groups is 1. The minimum absolute atomic E-state index is 0.250. The number of thiocarbonyl (C=S) groups is 1. The molecule has 0 heterocycles. The SMILES string of the molecule is COC(=O)CCNc1ccccc1C(N)=S. The van der Waals surface area contributed by atoms with Crippen LogP contribution < -0.4 is 11.1 Å². The molecule has 0 radical (unpaired) electrons. The predicted octanol–water partition coefficient (Wildman–Crippen LogP) is 1.30. The Morgan fingerprint density at radius 3 is 2.81 bits per heavy atom. The van der Waals surface area contributed by atoms with Gasteiger partial charge in [-0.2, -0.15) is 0 Å². The summed E-state index contributed by atoms with van der Waals surface area (Å²) in [7, 11) is 1.37. The fourth-order valence-electron chi connectivity index (χ4n) is 1.25. The molecule has 5 heteroatoms. The molecular formula is C11H14N2O2S. The number of nitrogens with one attached hydrogen (secondary N) is 1. The fraction of sp³-hybridized carbons (Fsp3) is 0.273. The van der Waals surface area contributed by atoms with Crippen molar-refractivity contribution >= 4 is 28.9 Å². The zero-order chi connectivity index (χ0) is 12.0. The van der Waals surface area contributed by atoms with Crippen LogP contribution in [0.3, 0.4) is 0 Å². The Hall–Kier alpha value is -1.62. The molecule has 0 aliphatic carbocycles. The van der Waals surface area contributed by atoms with Crippen LogP contribution >= 0.6 is 12.2 Å². The van der Waals surface area contributed by atoms with Crippen molar-refractivity contribution in [3.05, 3.63) is 29.8 Å². The summed E-state index contributed by atoms with van der Waals surface area (Å²) in [5, 5.41) is 3.09. The van der Waals surface area contributed by atoms with Gasteiger partial charge in [0.1, 0.15) is 4.99 Å². The van der Waals surface area contributed by atoms with Gasteiger partial charge in [0.25, 0.3) is 0 Å². The third kappa shape index (κ3) is 3.51. The number of carbonyl (C=O) groups excluding carboxylic acids is 1. The number of esters is 1. The normalized spacial score (nSPS) is 9.56. The van der Waals surface area contributed by atoms with Crippen molar-refractivity contribution in [1.82, 2.24) is 0 Å². The molecule has 0 saturated carbocycles. The molecule has 0 aromatic heterocycles. The third-order valence-corrected chi connectivity index (χ3v) is 2.28. The van der Waals surface area contributed by atoms with Crippen LogP contribution in [0, 0.1) is 0 Å². The average Bonchev–Trinajstić information content (AvgIpc) is 2.29. The minimum atomic E-state index is -0.250. The van der Waals surface area contributed by atoms with E-state index in [9.17, 15) is 4.79 Å². The second-order valence-corrected chi connectivity index (χ2v) is 3.60. The van der Waals surface area contributed by atoms with Gasteiger partial charge in [0, 0.05) is 17.8 Å². The van der Waals surface area contributed by atoms with Crippen LogP contribution in [0.1, 0.15) is 12.0 Å². The van der Waals surface area contributed by atoms with E-state index >= 15 is 0 Å². The highest BCUT2D eigenvalue weighted by Crippen LogP contribution is 2.14. The average molecular weight is 238 g/mol. The fourth-order valence-corrected chi connectivity index (χ4v) is 1.43. The van der Waals surface area contributed by atoms with Gasteiger partial charge in [-0.1, -0.05) is 24.4 Å². The molecule has 1 aromatic carbocycles. The molecule has 0 unspecified atom stereocenters. The summed E-state index contributed by atoms with van der Waals surface area (Å²) < 4.78 is 4.54. The van der Waals surface area contributed by atoms with E-state index in [4.69, 9.17) is 18.0 Å². The summed E-state index contributed by atoms with van der Waals surface area (Å²) in [6.45, 7) is 0.492. The van der Waals surface area contributed by atoms with Crippen LogP contribution in [-0.2, 0) is 9.53 Å². The number of rotatable bonds is 5. The Bertz CT molecular complexity index is 393. The lowest BCUT2D eigenvalue weighted by Gasteiger charge is -2.10. The van der Waals surface area contributed by atoms with Gasteiger partial charge in [0.05, 0.1) is 13.5 Å². The molecule has 0 bridgehead atoms. The van der Waals surface area contributed by atoms with E-state index in [1.54, 1.807) is 0 Å². The lowest BCUT2D eigenvalue weighted by atomic mass is 10.2. The Labute approximate surface area is 99.8 Å². The summed E-state index contributed by atoms with van der Waals surface area (Å²) in [6, 6.07) is 7.44. The van der Waals surface area contributed by atoms with Crippen LogP contribution in [-0.4, -0.2) is 24.6 Å². The molecule has 3 N–H and O–H groups in total. The molecule has 1 aromatic rings. The highest BCUT2D eigenvalue weighted by Gasteiger charge is 2.04. The maximum atomic E-state index is 10.9. The van der Waals surface area contributed by atoms with E-state index in [-0.39, 0.29) is 5.97 Å². The lowest BCUT2D eigenvalue weighted by molar-refractivity contribution is -0.140. The maximum Gasteiger partial charge on any atom is 0.307 e. The first-order valence-corrected chi connectivity index (χ1v) is 5.25. The second kappa shape index (κ2) is 6.07. The smallest absolute Gasteiger partial charge is 0.307 e. The molecule has 0 aliphatic heterocycles. The molecule has 16 heavy (non-hydrogen) atoms. The first kappa shape index (κ1) is 12.4. The summed E-state index contributed by atoms with van der Waals surface area (Å²) in [6.07, 6.45) is 0.308. The van der Waals surface area contributed by atoms with Gasteiger partial charge in [-0.25, -0.2) is 0 Å². The van der Waals surface area contributed by atoms with E-state index in [1.165, 1.54) is 7.11 Å². The standard InChI is InChI=1S/C11H14N2O2S/c1-15-10(14)6-7-13-9-5-3-2-4-8(9)11(12)16/h2-5,13H,6-7H2,1H3,(H2,12,16). The van der Waals surface area contributed by atoms with Gasteiger partial charge in [0.15, 0.2) is 0 Å². The van der Waals surface area contributed by atoms with Crippen molar-refractivity contribution in [2.45, 2.75) is 6.42 Å². The summed E-state index contributed by atoms with van der Waals surface area (Å²) >= 11 is 4.92. The number of nitrogens with two attached hydrogens (primary N) is 1. The summed E-state index contributed by atoms with van der Waals surface area (Å²) in [4.78, 5) is 11.2. The second-order valence-electron chi connectivity index (χ2n) is 3.16. The molecular weight excluding hydrogens is 224 g/mol. The molecule has 0 spiro atoms. The van der Waals surface area contributed by atoms with Crippen molar-refractivity contribution in [3.63, 3.8) is 0 Å². The topological polar surface area (TPSA) is 64.3 Å². The number of benzene rings is 1. The van der Waals surface area contributed by atoms with Crippen LogP contribution in [0.25, 0.3) is 0 Å². The van der Waals surface area contributed by atoms with Gasteiger partial charge in [0.2, 0.25) is 0 Å². The number of methoxy groups -OCH3 is 1. The molecule has 0 aliphatic rings. The number of para-hydroxylation sites is 1. The summed E-state index contributed by atoms with van der Waals surface area (Å²) in [5.74, 6) is -0.250. The van der Waals surface area contributed by atoms with Gasteiger partial charge < -0.3 is 15.8 Å². The molecule has 0 amide bonds. The molecule has 4 nitrogen and oxygen atoms in total. The van der Waals surface area contributed by atoms with Gasteiger partial charge in [-0.05, 0) is 12.1 Å². The highest BCUT2D eigenvalue weighted by atomic mass is 32.1. The Morgan fingerprint density at radius 2 is 2.19 bits per heavy atom. The van der Waals surface area contributed by atoms with E-state index in [2.05, 4.69) is 10.1 Å². The van der Waals surface area contributed by atoms with Crippen LogP contribution in [0.2, 0.25) is 0 Å². The molecule has 0 saturated heterocycles. The largest absolute Gasteiger partial charge is 0.469 e. The van der Waals surface area contributed by atoms with Crippen molar-refractivity contribution in [3.8, 4) is 0 Å². The van der Waals surface area contributed by atoms with E-state index in [1.807, 2.05) is 24.3 Å². The van der Waals surface area contributed by atoms with Crippen molar-refractivity contribution < 1.29 is 9.53 Å². The van der Waals surface area contributed by atoms with E-state index < -0.39 is 0 Å². The molecule has 86 valence electrons. The monoisotopic (exact) mass is 238 g/mol. The van der Waals surface area contributed by atoms with Gasteiger partial charge in [-0.15, -0.1) is 0 Å². The number of hydrogen-bond acceptors (Lipinski definition) is 4. The van der Waals surface area contributed by atoms with Crippen molar-refractivity contribution in [2.24, 2.45) is 5.73 Å². The quantitative estimate of drug-likeness (QED) is 0.598. The first-order chi connectivity index (χ1) is 7.65. The number of ether oxygens (including phenoxy) is 1. The van der Waals surface area contributed by atoms with Crippen molar-refractivity contribution in [2.75, 3.05) is 19.0 Å². The van der Waals surface area contributed by atoms with Crippen molar-refractivity contribution in [1.29, 1.82) is 0 Å². The van der Waals surface area contributed by atoms with E-state index in [0.717, 1.165) is 11.3 Å². The predicted molar refractivity (Wildman–Crippen MR) is 67.5 cm³/mol. The Balaban J connectivity index is 2.60.